The molecule has 0 spiro atoms. The highest BCUT2D eigenvalue weighted by atomic mass is 16.2. The van der Waals surface area contributed by atoms with Crippen LogP contribution < -0.4 is 10.2 Å². The van der Waals surface area contributed by atoms with Gasteiger partial charge in [-0.3, -0.25) is 4.90 Å². The van der Waals surface area contributed by atoms with Crippen LogP contribution in [0, 0.1) is 0 Å². The van der Waals surface area contributed by atoms with E-state index < -0.39 is 0 Å². The van der Waals surface area contributed by atoms with Gasteiger partial charge in [-0.05, 0) is 51.0 Å². The van der Waals surface area contributed by atoms with Crippen LogP contribution in [0.4, 0.5) is 16.2 Å². The van der Waals surface area contributed by atoms with E-state index in [0.717, 1.165) is 45.0 Å². The van der Waals surface area contributed by atoms with Crippen molar-refractivity contribution in [2.45, 2.75) is 32.7 Å². The molecule has 23 heavy (non-hydrogen) atoms. The fourth-order valence-electron chi connectivity index (χ4n) is 3.37. The van der Waals surface area contributed by atoms with Crippen LogP contribution >= 0.6 is 0 Å². The number of amides is 2. The number of piperazine rings is 1. The fourth-order valence-corrected chi connectivity index (χ4v) is 3.37. The van der Waals surface area contributed by atoms with Crippen molar-refractivity contribution in [1.82, 2.24) is 9.80 Å². The molecule has 2 saturated heterocycles. The second kappa shape index (κ2) is 7.21. The first-order valence-corrected chi connectivity index (χ1v) is 8.78. The highest BCUT2D eigenvalue weighted by Gasteiger charge is 2.22. The quantitative estimate of drug-likeness (QED) is 0.932. The Bertz CT molecular complexity index is 514. The van der Waals surface area contributed by atoms with E-state index in [1.165, 1.54) is 18.5 Å². The highest BCUT2D eigenvalue weighted by Crippen LogP contribution is 2.22. The molecular formula is C18H28N4O. The van der Waals surface area contributed by atoms with E-state index in [4.69, 9.17) is 0 Å². The van der Waals surface area contributed by atoms with Gasteiger partial charge in [-0.1, -0.05) is 0 Å². The number of hydrogen-bond donors (Lipinski definition) is 1. The molecule has 5 nitrogen and oxygen atoms in total. The van der Waals surface area contributed by atoms with Crippen LogP contribution in [0.25, 0.3) is 0 Å². The summed E-state index contributed by atoms with van der Waals surface area (Å²) in [4.78, 5) is 19.1. The minimum absolute atomic E-state index is 0.0160. The van der Waals surface area contributed by atoms with E-state index in [-0.39, 0.29) is 6.03 Å². The van der Waals surface area contributed by atoms with Gasteiger partial charge in [0.05, 0.1) is 0 Å². The van der Waals surface area contributed by atoms with E-state index in [0.29, 0.717) is 6.04 Å². The van der Waals surface area contributed by atoms with Crippen molar-refractivity contribution in [2.75, 3.05) is 49.5 Å². The Morgan fingerprint density at radius 2 is 1.57 bits per heavy atom. The summed E-state index contributed by atoms with van der Waals surface area (Å²) in [6, 6.07) is 8.81. The minimum Gasteiger partial charge on any atom is -0.372 e. The van der Waals surface area contributed by atoms with Gasteiger partial charge in [-0.15, -0.1) is 0 Å². The molecule has 3 rings (SSSR count). The van der Waals surface area contributed by atoms with Crippen molar-refractivity contribution >= 4 is 17.4 Å². The first kappa shape index (κ1) is 16.1. The molecule has 0 saturated carbocycles. The maximum absolute atomic E-state index is 12.4. The first-order chi connectivity index (χ1) is 11.1. The second-order valence-corrected chi connectivity index (χ2v) is 6.79. The van der Waals surface area contributed by atoms with Crippen LogP contribution in [0.2, 0.25) is 0 Å². The van der Waals surface area contributed by atoms with Crippen LogP contribution in [0.3, 0.4) is 0 Å². The molecule has 2 fully saturated rings. The van der Waals surface area contributed by atoms with Crippen molar-refractivity contribution in [2.24, 2.45) is 0 Å². The zero-order valence-corrected chi connectivity index (χ0v) is 14.3. The average Bonchev–Trinajstić information content (AvgIpc) is 3.10. The van der Waals surface area contributed by atoms with Crippen LogP contribution in [-0.2, 0) is 0 Å². The van der Waals surface area contributed by atoms with E-state index >= 15 is 0 Å². The number of nitrogens with one attached hydrogen (secondary N) is 1. The molecule has 0 atom stereocenters. The van der Waals surface area contributed by atoms with Crippen LogP contribution in [0.1, 0.15) is 26.7 Å². The van der Waals surface area contributed by atoms with Gasteiger partial charge in [0.1, 0.15) is 0 Å². The molecule has 1 N–H and O–H groups in total. The predicted molar refractivity (Wildman–Crippen MR) is 95.2 cm³/mol. The van der Waals surface area contributed by atoms with Gasteiger partial charge >= 0.3 is 6.03 Å². The molecule has 0 radical (unpaired) electrons. The molecule has 0 aliphatic carbocycles. The van der Waals surface area contributed by atoms with Crippen molar-refractivity contribution in [3.05, 3.63) is 24.3 Å². The Hall–Kier alpha value is -1.75. The predicted octanol–water partition coefficient (Wildman–Crippen LogP) is 2.84. The summed E-state index contributed by atoms with van der Waals surface area (Å²) in [5.74, 6) is 0. The van der Waals surface area contributed by atoms with Gasteiger partial charge < -0.3 is 15.1 Å². The summed E-state index contributed by atoms with van der Waals surface area (Å²) >= 11 is 0. The molecular weight excluding hydrogens is 288 g/mol. The SMILES string of the molecule is CC(C)N1CCN(C(=O)Nc2ccc(N3CCCC3)cc2)CC1. The number of carbonyl (C=O) groups is 1. The standard InChI is InChI=1S/C18H28N4O/c1-15(2)20-11-13-22(14-12-20)18(23)19-16-5-7-17(8-6-16)21-9-3-4-10-21/h5-8,15H,3-4,9-14H2,1-2H3,(H,19,23). The number of benzene rings is 1. The lowest BCUT2D eigenvalue weighted by Crippen LogP contribution is -2.51. The van der Waals surface area contributed by atoms with Gasteiger partial charge in [0.15, 0.2) is 0 Å². The fraction of sp³-hybridized carbons (Fsp3) is 0.611. The summed E-state index contributed by atoms with van der Waals surface area (Å²) in [7, 11) is 0. The molecule has 2 aliphatic rings. The largest absolute Gasteiger partial charge is 0.372 e. The lowest BCUT2D eigenvalue weighted by atomic mass is 10.2. The summed E-state index contributed by atoms with van der Waals surface area (Å²) < 4.78 is 0. The van der Waals surface area contributed by atoms with Gasteiger partial charge in [-0.2, -0.15) is 0 Å². The van der Waals surface area contributed by atoms with Crippen LogP contribution in [0.5, 0.6) is 0 Å². The Labute approximate surface area is 139 Å². The molecule has 126 valence electrons. The van der Waals surface area contributed by atoms with E-state index in [2.05, 4.69) is 41.1 Å². The molecule has 2 amide bonds. The Balaban J connectivity index is 1.52. The molecule has 5 heteroatoms. The maximum atomic E-state index is 12.4. The highest BCUT2D eigenvalue weighted by molar-refractivity contribution is 5.89. The lowest BCUT2D eigenvalue weighted by molar-refractivity contribution is 0.125. The number of carbonyl (C=O) groups excluding carboxylic acids is 1. The monoisotopic (exact) mass is 316 g/mol. The molecule has 0 aromatic heterocycles. The van der Waals surface area contributed by atoms with Crippen molar-refractivity contribution in [1.29, 1.82) is 0 Å². The third-order valence-electron chi connectivity index (χ3n) is 4.92. The molecule has 2 aliphatic heterocycles. The maximum Gasteiger partial charge on any atom is 0.321 e. The Morgan fingerprint density at radius 1 is 0.957 bits per heavy atom. The summed E-state index contributed by atoms with van der Waals surface area (Å²) in [5, 5.41) is 3.02. The Morgan fingerprint density at radius 3 is 2.13 bits per heavy atom. The first-order valence-electron chi connectivity index (χ1n) is 8.78. The van der Waals surface area contributed by atoms with E-state index in [1.54, 1.807) is 0 Å². The molecule has 1 aromatic carbocycles. The van der Waals surface area contributed by atoms with Gasteiger partial charge in [0.25, 0.3) is 0 Å². The summed E-state index contributed by atoms with van der Waals surface area (Å²) in [6.07, 6.45) is 2.56. The van der Waals surface area contributed by atoms with E-state index in [1.807, 2.05) is 17.0 Å². The third kappa shape index (κ3) is 3.96. The van der Waals surface area contributed by atoms with Gasteiger partial charge in [-0.25, -0.2) is 4.79 Å². The number of hydrogen-bond acceptors (Lipinski definition) is 3. The lowest BCUT2D eigenvalue weighted by Gasteiger charge is -2.36. The third-order valence-corrected chi connectivity index (χ3v) is 4.92. The molecule has 2 heterocycles. The van der Waals surface area contributed by atoms with Crippen LogP contribution in [-0.4, -0.2) is 61.1 Å². The molecule has 1 aromatic rings. The smallest absolute Gasteiger partial charge is 0.321 e. The topological polar surface area (TPSA) is 38.8 Å². The molecule has 0 bridgehead atoms. The summed E-state index contributed by atoms with van der Waals surface area (Å²) in [5.41, 5.74) is 2.13. The Kier molecular flexibility index (Phi) is 5.06. The van der Waals surface area contributed by atoms with Crippen LogP contribution in [0.15, 0.2) is 24.3 Å². The normalized spacial score (nSPS) is 19.4. The minimum atomic E-state index is 0.0160. The summed E-state index contributed by atoms with van der Waals surface area (Å²) in [6.45, 7) is 10.2. The average molecular weight is 316 g/mol. The van der Waals surface area contributed by atoms with Crippen molar-refractivity contribution < 1.29 is 4.79 Å². The van der Waals surface area contributed by atoms with Crippen molar-refractivity contribution in [3.8, 4) is 0 Å². The van der Waals surface area contributed by atoms with Crippen molar-refractivity contribution in [3.63, 3.8) is 0 Å². The zero-order valence-electron chi connectivity index (χ0n) is 14.3. The second-order valence-electron chi connectivity index (χ2n) is 6.79. The van der Waals surface area contributed by atoms with E-state index in [9.17, 15) is 4.79 Å². The number of urea groups is 1. The van der Waals surface area contributed by atoms with Gasteiger partial charge in [0.2, 0.25) is 0 Å². The van der Waals surface area contributed by atoms with Gasteiger partial charge in [0, 0.05) is 56.7 Å². The zero-order chi connectivity index (χ0) is 16.2. The number of rotatable bonds is 3. The number of anilines is 2. The molecule has 0 unspecified atom stereocenters. The number of nitrogens with zero attached hydrogens (tertiary/aromatic N) is 3.